The highest BCUT2D eigenvalue weighted by molar-refractivity contribution is 7.14. The average molecular weight is 480 g/mol. The number of amides is 1. The lowest BCUT2D eigenvalue weighted by atomic mass is 9.93. The minimum Gasteiger partial charge on any atom is -0.481 e. The minimum atomic E-state index is -0.948. The van der Waals surface area contributed by atoms with E-state index in [1.165, 1.54) is 11.3 Å². The van der Waals surface area contributed by atoms with Gasteiger partial charge in [0.25, 0.3) is 0 Å². The lowest BCUT2D eigenvalue weighted by Gasteiger charge is -2.25. The van der Waals surface area contributed by atoms with Gasteiger partial charge in [-0.15, -0.1) is 11.3 Å². The van der Waals surface area contributed by atoms with Crippen molar-refractivity contribution in [2.24, 2.45) is 11.8 Å². The number of methoxy groups -OCH3 is 1. The molecule has 2 aromatic heterocycles. The maximum Gasteiger partial charge on any atom is 0.304 e. The topological polar surface area (TPSA) is 92.6 Å². The van der Waals surface area contributed by atoms with Crippen molar-refractivity contribution in [3.8, 4) is 28.3 Å². The maximum atomic E-state index is 13.5. The summed E-state index contributed by atoms with van der Waals surface area (Å²) in [4.78, 5) is 35.9. The van der Waals surface area contributed by atoms with E-state index in [0.717, 1.165) is 35.2 Å². The van der Waals surface area contributed by atoms with Crippen LogP contribution in [0.5, 0.6) is 5.88 Å². The molecule has 8 heteroatoms. The summed E-state index contributed by atoms with van der Waals surface area (Å²) in [6.07, 6.45) is 3.98. The second-order valence-corrected chi connectivity index (χ2v) is 9.85. The molecule has 0 spiro atoms. The van der Waals surface area contributed by atoms with Crippen LogP contribution in [-0.4, -0.2) is 40.1 Å². The molecule has 7 nitrogen and oxygen atoms in total. The number of anilines is 1. The van der Waals surface area contributed by atoms with Gasteiger partial charge in [-0.3, -0.25) is 14.5 Å². The van der Waals surface area contributed by atoms with Gasteiger partial charge in [-0.1, -0.05) is 38.1 Å². The van der Waals surface area contributed by atoms with Crippen molar-refractivity contribution in [2.75, 3.05) is 12.0 Å². The molecule has 1 amide bonds. The van der Waals surface area contributed by atoms with E-state index in [2.05, 4.69) is 4.98 Å². The van der Waals surface area contributed by atoms with Crippen molar-refractivity contribution in [3.63, 3.8) is 0 Å². The zero-order valence-corrected chi connectivity index (χ0v) is 20.4. The molecule has 0 aliphatic heterocycles. The van der Waals surface area contributed by atoms with Gasteiger partial charge in [0.2, 0.25) is 11.8 Å². The quantitative estimate of drug-likeness (QED) is 0.412. The lowest BCUT2D eigenvalue weighted by molar-refractivity contribution is -0.140. The Morgan fingerprint density at radius 2 is 1.91 bits per heavy atom. The largest absolute Gasteiger partial charge is 0.481 e. The molecule has 1 N–H and O–H groups in total. The molecule has 0 saturated heterocycles. The van der Waals surface area contributed by atoms with Gasteiger partial charge in [-0.25, -0.2) is 9.97 Å². The van der Waals surface area contributed by atoms with Gasteiger partial charge in [0.05, 0.1) is 19.2 Å². The first-order valence-electron chi connectivity index (χ1n) is 11.5. The molecule has 4 rings (SSSR count). The number of rotatable bonds is 10. The highest BCUT2D eigenvalue weighted by Crippen LogP contribution is 2.39. The first-order valence-corrected chi connectivity index (χ1v) is 12.4. The summed E-state index contributed by atoms with van der Waals surface area (Å²) in [5, 5.41) is 12.0. The van der Waals surface area contributed by atoms with Gasteiger partial charge >= 0.3 is 5.97 Å². The van der Waals surface area contributed by atoms with Gasteiger partial charge in [0, 0.05) is 40.7 Å². The van der Waals surface area contributed by atoms with Crippen LogP contribution < -0.4 is 9.64 Å². The van der Waals surface area contributed by atoms with Crippen molar-refractivity contribution < 1.29 is 19.4 Å². The summed E-state index contributed by atoms with van der Waals surface area (Å²) < 4.78 is 5.17. The van der Waals surface area contributed by atoms with Crippen LogP contribution in [0.15, 0.2) is 48.0 Å². The SMILES string of the molecule is COc1ccc(-c2ccccc2-c2csc(N(C(=O)C(CC(=O)O)CC(C)C)C3CC3)n2)cn1. The lowest BCUT2D eigenvalue weighted by Crippen LogP contribution is -2.39. The molecule has 3 aromatic rings. The number of carbonyl (C=O) groups is 2. The number of carboxylic acid groups (broad SMARTS) is 1. The first-order chi connectivity index (χ1) is 16.4. The van der Waals surface area contributed by atoms with Crippen LogP contribution in [0.25, 0.3) is 22.4 Å². The zero-order chi connectivity index (χ0) is 24.2. The number of carboxylic acids is 1. The molecule has 0 bridgehead atoms. The Kier molecular flexibility index (Phi) is 7.26. The Morgan fingerprint density at radius 1 is 1.18 bits per heavy atom. The fourth-order valence-corrected chi connectivity index (χ4v) is 5.03. The Bertz CT molecular complexity index is 1150. The van der Waals surface area contributed by atoms with E-state index >= 15 is 0 Å². The van der Waals surface area contributed by atoms with Crippen molar-refractivity contribution >= 4 is 28.3 Å². The fourth-order valence-electron chi connectivity index (χ4n) is 4.13. The maximum absolute atomic E-state index is 13.5. The number of hydrogen-bond acceptors (Lipinski definition) is 6. The van der Waals surface area contributed by atoms with Crippen LogP contribution in [0.3, 0.4) is 0 Å². The van der Waals surface area contributed by atoms with Crippen molar-refractivity contribution in [3.05, 3.63) is 48.0 Å². The Balaban J connectivity index is 1.65. The number of aliphatic carboxylic acids is 1. The molecule has 1 atom stereocenters. The number of hydrogen-bond donors (Lipinski definition) is 1. The second-order valence-electron chi connectivity index (χ2n) is 9.01. The van der Waals surface area contributed by atoms with Gasteiger partial charge < -0.3 is 9.84 Å². The van der Waals surface area contributed by atoms with Crippen LogP contribution in [0.2, 0.25) is 0 Å². The highest BCUT2D eigenvalue weighted by atomic mass is 32.1. The third kappa shape index (κ3) is 5.44. The predicted octanol–water partition coefficient (Wildman–Crippen LogP) is 5.51. The second kappa shape index (κ2) is 10.3. The third-order valence-corrected chi connectivity index (χ3v) is 6.67. The van der Waals surface area contributed by atoms with Crippen LogP contribution in [0.4, 0.5) is 5.13 Å². The molecule has 2 heterocycles. The van der Waals surface area contributed by atoms with Gasteiger partial charge in [0.1, 0.15) is 0 Å². The molecule has 1 unspecified atom stereocenters. The van der Waals surface area contributed by atoms with E-state index in [0.29, 0.717) is 17.4 Å². The number of nitrogens with zero attached hydrogens (tertiary/aromatic N) is 3. The molecule has 178 valence electrons. The molecule has 34 heavy (non-hydrogen) atoms. The van der Waals surface area contributed by atoms with Gasteiger partial charge in [-0.05, 0) is 36.8 Å². The minimum absolute atomic E-state index is 0.0935. The number of thiazole rings is 1. The Hall–Kier alpha value is -3.26. The number of pyridine rings is 1. The van der Waals surface area contributed by atoms with Crippen molar-refractivity contribution in [1.29, 1.82) is 0 Å². The monoisotopic (exact) mass is 479 g/mol. The van der Waals surface area contributed by atoms with Gasteiger partial charge in [0.15, 0.2) is 5.13 Å². The van der Waals surface area contributed by atoms with Crippen LogP contribution in [0, 0.1) is 11.8 Å². The Labute approximate surface area is 203 Å². The molecule has 1 aliphatic carbocycles. The van der Waals surface area contributed by atoms with E-state index in [1.807, 2.05) is 55.6 Å². The molecular weight excluding hydrogens is 450 g/mol. The molecule has 1 fully saturated rings. The average Bonchev–Trinajstić information content (AvgIpc) is 3.54. The predicted molar refractivity (Wildman–Crippen MR) is 133 cm³/mol. The number of carbonyl (C=O) groups excluding carboxylic acids is 1. The van der Waals surface area contributed by atoms with Gasteiger partial charge in [-0.2, -0.15) is 0 Å². The normalized spacial score (nSPS) is 14.1. The van der Waals surface area contributed by atoms with E-state index in [4.69, 9.17) is 9.72 Å². The zero-order valence-electron chi connectivity index (χ0n) is 19.6. The summed E-state index contributed by atoms with van der Waals surface area (Å²) in [7, 11) is 1.59. The first kappa shape index (κ1) is 23.9. The van der Waals surface area contributed by atoms with E-state index in [1.54, 1.807) is 18.2 Å². The molecule has 1 aliphatic rings. The summed E-state index contributed by atoms with van der Waals surface area (Å²) in [5.74, 6) is -0.855. The smallest absolute Gasteiger partial charge is 0.304 e. The van der Waals surface area contributed by atoms with Crippen LogP contribution >= 0.6 is 11.3 Å². The summed E-state index contributed by atoms with van der Waals surface area (Å²) in [6, 6.07) is 11.8. The summed E-state index contributed by atoms with van der Waals surface area (Å²) >= 11 is 1.43. The fraction of sp³-hybridized carbons (Fsp3) is 0.385. The van der Waals surface area contributed by atoms with E-state index < -0.39 is 11.9 Å². The molecule has 0 radical (unpaired) electrons. The third-order valence-electron chi connectivity index (χ3n) is 5.83. The van der Waals surface area contributed by atoms with Crippen molar-refractivity contribution in [2.45, 2.75) is 45.6 Å². The van der Waals surface area contributed by atoms with Crippen LogP contribution in [0.1, 0.15) is 39.5 Å². The number of benzene rings is 1. The Morgan fingerprint density at radius 3 is 2.50 bits per heavy atom. The molecule has 1 saturated carbocycles. The summed E-state index contributed by atoms with van der Waals surface area (Å²) in [6.45, 7) is 4.02. The van der Waals surface area contributed by atoms with Crippen molar-refractivity contribution in [1.82, 2.24) is 9.97 Å². The highest BCUT2D eigenvalue weighted by Gasteiger charge is 2.39. The standard InChI is InChI=1S/C26H29N3O4S/c1-16(2)12-18(13-24(30)31)25(32)29(19-9-10-19)26-28-22(15-34-26)21-7-5-4-6-20(21)17-8-11-23(33-3)27-14-17/h4-8,11,14-16,18-19H,9-10,12-13H2,1-3H3,(H,30,31). The number of ether oxygens (including phenoxy) is 1. The van der Waals surface area contributed by atoms with Crippen LogP contribution in [-0.2, 0) is 9.59 Å². The number of aromatic nitrogens is 2. The molecular formula is C26H29N3O4S. The van der Waals surface area contributed by atoms with E-state index in [-0.39, 0.29) is 24.3 Å². The van der Waals surface area contributed by atoms with E-state index in [9.17, 15) is 14.7 Å². The molecule has 1 aromatic carbocycles. The summed E-state index contributed by atoms with van der Waals surface area (Å²) in [5.41, 5.74) is 3.66.